The summed E-state index contributed by atoms with van der Waals surface area (Å²) in [5, 5.41) is 0.823. The first-order valence-electron chi connectivity index (χ1n) is 8.26. The molecule has 4 rings (SSSR count). The molecule has 2 aliphatic rings. The number of anilines is 1. The number of aromatic nitrogens is 1. The van der Waals surface area contributed by atoms with E-state index in [1.54, 1.807) is 11.1 Å². The molecule has 0 radical (unpaired) electrons. The highest BCUT2D eigenvalue weighted by Crippen LogP contribution is 2.36. The first kappa shape index (κ1) is 18.1. The van der Waals surface area contributed by atoms with Gasteiger partial charge in [0.2, 0.25) is 0 Å². The standard InChI is InChI=1S/C18H17F3N4OS/c1-11-4-12(14-7-23-16(27-14)17(22)8-26-9-17)6-13(5-11)25-3-2-15(24-10-25)18(19,20)21/h2-7H,8-10,22H2,1H3. The third-order valence-corrected chi connectivity index (χ3v) is 5.69. The van der Waals surface area contributed by atoms with Crippen LogP contribution in [0.3, 0.4) is 0 Å². The predicted molar refractivity (Wildman–Crippen MR) is 98.9 cm³/mol. The van der Waals surface area contributed by atoms with Crippen LogP contribution in [-0.4, -0.2) is 36.8 Å². The molecule has 0 saturated carbocycles. The Morgan fingerprint density at radius 3 is 2.63 bits per heavy atom. The highest BCUT2D eigenvalue weighted by atomic mass is 32.1. The Labute approximate surface area is 158 Å². The van der Waals surface area contributed by atoms with Crippen molar-refractivity contribution in [1.82, 2.24) is 4.98 Å². The van der Waals surface area contributed by atoms with Gasteiger partial charge in [0.05, 0.1) is 18.1 Å². The fourth-order valence-corrected chi connectivity index (χ4v) is 3.89. The number of allylic oxidation sites excluding steroid dienone is 1. The Balaban J connectivity index is 1.60. The van der Waals surface area contributed by atoms with E-state index in [0.29, 0.717) is 13.2 Å². The van der Waals surface area contributed by atoms with Crippen molar-refractivity contribution in [2.75, 3.05) is 24.8 Å². The van der Waals surface area contributed by atoms with Crippen LogP contribution in [0, 0.1) is 6.92 Å². The lowest BCUT2D eigenvalue weighted by molar-refractivity contribution is -0.0579. The molecule has 0 atom stereocenters. The van der Waals surface area contributed by atoms with E-state index >= 15 is 0 Å². The number of hydrogen-bond acceptors (Lipinski definition) is 6. The zero-order chi connectivity index (χ0) is 19.2. The van der Waals surface area contributed by atoms with Crippen molar-refractivity contribution in [2.45, 2.75) is 18.6 Å². The van der Waals surface area contributed by atoms with Crippen molar-refractivity contribution in [3.63, 3.8) is 0 Å². The molecular weight excluding hydrogens is 377 g/mol. The van der Waals surface area contributed by atoms with Crippen LogP contribution in [0.4, 0.5) is 18.9 Å². The number of halogens is 3. The predicted octanol–water partition coefficient (Wildman–Crippen LogP) is 3.60. The molecule has 0 aliphatic carbocycles. The number of ether oxygens (including phenoxy) is 1. The Hall–Kier alpha value is -2.23. The van der Waals surface area contributed by atoms with Crippen molar-refractivity contribution in [3.8, 4) is 10.4 Å². The van der Waals surface area contributed by atoms with Crippen LogP contribution in [0.5, 0.6) is 0 Å². The summed E-state index contributed by atoms with van der Waals surface area (Å²) in [5.74, 6) is 0. The Bertz CT molecular complexity index is 931. The summed E-state index contributed by atoms with van der Waals surface area (Å²) in [6.07, 6.45) is -0.252. The van der Waals surface area contributed by atoms with Gasteiger partial charge in [-0.05, 0) is 36.3 Å². The van der Waals surface area contributed by atoms with Crippen LogP contribution in [-0.2, 0) is 10.3 Å². The van der Waals surface area contributed by atoms with E-state index in [0.717, 1.165) is 32.8 Å². The fourth-order valence-electron chi connectivity index (χ4n) is 2.92. The van der Waals surface area contributed by atoms with E-state index in [2.05, 4.69) is 9.98 Å². The number of nitrogens with zero attached hydrogens (tertiary/aromatic N) is 3. The summed E-state index contributed by atoms with van der Waals surface area (Å²) in [7, 11) is 0. The summed E-state index contributed by atoms with van der Waals surface area (Å²) < 4.78 is 43.4. The molecule has 2 aliphatic heterocycles. The van der Waals surface area contributed by atoms with Gasteiger partial charge in [-0.1, -0.05) is 6.07 Å². The number of rotatable bonds is 3. The van der Waals surface area contributed by atoms with Gasteiger partial charge in [0.1, 0.15) is 22.9 Å². The minimum atomic E-state index is -4.43. The summed E-state index contributed by atoms with van der Waals surface area (Å²) in [4.78, 5) is 10.7. The molecule has 1 fully saturated rings. The van der Waals surface area contributed by atoms with E-state index in [9.17, 15) is 13.2 Å². The van der Waals surface area contributed by atoms with Crippen LogP contribution in [0.25, 0.3) is 10.4 Å². The van der Waals surface area contributed by atoms with Crippen LogP contribution in [0.15, 0.2) is 41.7 Å². The number of hydrogen-bond donors (Lipinski definition) is 1. The van der Waals surface area contributed by atoms with Crippen molar-refractivity contribution in [2.24, 2.45) is 10.7 Å². The molecular formula is C18H17F3N4OS. The average Bonchev–Trinajstić information content (AvgIpc) is 3.09. The molecule has 1 aromatic heterocycles. The summed E-state index contributed by atoms with van der Waals surface area (Å²) in [6.45, 7) is 2.77. The lowest BCUT2D eigenvalue weighted by Crippen LogP contribution is -2.54. The molecule has 1 saturated heterocycles. The monoisotopic (exact) mass is 394 g/mol. The van der Waals surface area contributed by atoms with Crippen molar-refractivity contribution in [3.05, 3.63) is 47.2 Å². The maximum absolute atomic E-state index is 12.7. The van der Waals surface area contributed by atoms with Gasteiger partial charge < -0.3 is 15.4 Å². The summed E-state index contributed by atoms with van der Waals surface area (Å²) in [6, 6.07) is 5.84. The third-order valence-electron chi connectivity index (χ3n) is 4.43. The van der Waals surface area contributed by atoms with Gasteiger partial charge in [0.25, 0.3) is 0 Å². The van der Waals surface area contributed by atoms with Crippen molar-refractivity contribution >= 4 is 22.7 Å². The zero-order valence-corrected chi connectivity index (χ0v) is 15.3. The number of alkyl halides is 3. The second-order valence-corrected chi connectivity index (χ2v) is 7.73. The van der Waals surface area contributed by atoms with Crippen LogP contribution in [0.1, 0.15) is 10.6 Å². The second-order valence-electron chi connectivity index (χ2n) is 6.70. The van der Waals surface area contributed by atoms with Gasteiger partial charge >= 0.3 is 6.18 Å². The number of aryl methyl sites for hydroxylation is 1. The molecule has 2 aromatic rings. The van der Waals surface area contributed by atoms with E-state index in [4.69, 9.17) is 10.5 Å². The number of benzene rings is 1. The molecule has 142 valence electrons. The Morgan fingerprint density at radius 1 is 1.26 bits per heavy atom. The highest BCUT2D eigenvalue weighted by molar-refractivity contribution is 7.15. The Kier molecular flexibility index (Phi) is 4.32. The van der Waals surface area contributed by atoms with Crippen molar-refractivity contribution < 1.29 is 17.9 Å². The van der Waals surface area contributed by atoms with Crippen molar-refractivity contribution in [1.29, 1.82) is 0 Å². The maximum atomic E-state index is 12.7. The van der Waals surface area contributed by atoms with Crippen LogP contribution >= 0.6 is 11.3 Å². The molecule has 1 aromatic carbocycles. The van der Waals surface area contributed by atoms with E-state index in [1.807, 2.05) is 25.1 Å². The van der Waals surface area contributed by atoms with Crippen LogP contribution < -0.4 is 10.6 Å². The molecule has 5 nitrogen and oxygen atoms in total. The minimum Gasteiger partial charge on any atom is -0.377 e. The van der Waals surface area contributed by atoms with Gasteiger partial charge in [-0.3, -0.25) is 4.99 Å². The first-order valence-corrected chi connectivity index (χ1v) is 9.08. The quantitative estimate of drug-likeness (QED) is 0.864. The normalized spacial score (nSPS) is 19.0. The van der Waals surface area contributed by atoms with Gasteiger partial charge in [0, 0.05) is 18.1 Å². The largest absolute Gasteiger partial charge is 0.433 e. The van der Waals surface area contributed by atoms with Gasteiger partial charge in [-0.15, -0.1) is 11.3 Å². The highest BCUT2D eigenvalue weighted by Gasteiger charge is 2.39. The summed E-state index contributed by atoms with van der Waals surface area (Å²) in [5.41, 5.74) is 7.56. The number of nitrogens with two attached hydrogens (primary N) is 1. The average molecular weight is 394 g/mol. The summed E-state index contributed by atoms with van der Waals surface area (Å²) >= 11 is 1.51. The molecule has 2 N–H and O–H groups in total. The maximum Gasteiger partial charge on any atom is 0.433 e. The second kappa shape index (κ2) is 6.43. The van der Waals surface area contributed by atoms with E-state index < -0.39 is 17.4 Å². The van der Waals surface area contributed by atoms with Gasteiger partial charge in [-0.25, -0.2) is 4.98 Å². The smallest absolute Gasteiger partial charge is 0.377 e. The van der Waals surface area contributed by atoms with Gasteiger partial charge in [0.15, 0.2) is 0 Å². The molecule has 0 bridgehead atoms. The van der Waals surface area contributed by atoms with E-state index in [-0.39, 0.29) is 6.67 Å². The molecule has 9 heteroatoms. The third kappa shape index (κ3) is 3.50. The molecule has 0 unspecified atom stereocenters. The van der Waals surface area contributed by atoms with Crippen LogP contribution in [0.2, 0.25) is 0 Å². The number of aliphatic imine (C=N–C) groups is 1. The Morgan fingerprint density at radius 2 is 2.04 bits per heavy atom. The molecule has 27 heavy (non-hydrogen) atoms. The molecule has 3 heterocycles. The fraction of sp³-hybridized carbons (Fsp3) is 0.333. The lowest BCUT2D eigenvalue weighted by Gasteiger charge is -2.35. The first-order chi connectivity index (χ1) is 12.7. The molecule has 0 spiro atoms. The lowest BCUT2D eigenvalue weighted by atomic mass is 10.0. The van der Waals surface area contributed by atoms with Gasteiger partial charge in [-0.2, -0.15) is 13.2 Å². The molecule has 0 amide bonds. The zero-order valence-electron chi connectivity index (χ0n) is 14.5. The topological polar surface area (TPSA) is 63.7 Å². The van der Waals surface area contributed by atoms with E-state index in [1.165, 1.54) is 17.5 Å². The SMILES string of the molecule is Cc1cc(-c2cnc(C3(N)COC3)s2)cc(N2C=CC(C(F)(F)F)=NC2)c1. The number of thiazole rings is 1. The minimum absolute atomic E-state index is 0.0779.